The van der Waals surface area contributed by atoms with Crippen molar-refractivity contribution < 1.29 is 4.79 Å². The van der Waals surface area contributed by atoms with Crippen LogP contribution in [0.3, 0.4) is 0 Å². The molecule has 1 atom stereocenters. The second-order valence-corrected chi connectivity index (χ2v) is 6.79. The maximum absolute atomic E-state index is 12.6. The highest BCUT2D eigenvalue weighted by atomic mass is 35.5. The molecular weight excluding hydrogens is 318 g/mol. The Hall–Kier alpha value is -1.59. The maximum atomic E-state index is 12.6. The SMILES string of the molecule is CN(C(=O)c1cccc(Cl)c1)C1CCCN(c2nccs2)C1. The van der Waals surface area contributed by atoms with E-state index in [2.05, 4.69) is 9.88 Å². The number of amides is 1. The van der Waals surface area contributed by atoms with Crippen molar-refractivity contribution in [2.75, 3.05) is 25.0 Å². The highest BCUT2D eigenvalue weighted by Gasteiger charge is 2.27. The molecule has 1 aromatic heterocycles. The van der Waals surface area contributed by atoms with Crippen LogP contribution in [-0.2, 0) is 0 Å². The van der Waals surface area contributed by atoms with Gasteiger partial charge in [-0.2, -0.15) is 0 Å². The van der Waals surface area contributed by atoms with Gasteiger partial charge in [0.2, 0.25) is 0 Å². The van der Waals surface area contributed by atoms with E-state index in [0.29, 0.717) is 10.6 Å². The lowest BCUT2D eigenvalue weighted by molar-refractivity contribution is 0.0717. The molecule has 1 aliphatic rings. The molecule has 0 N–H and O–H groups in total. The lowest BCUT2D eigenvalue weighted by Crippen LogP contribution is -2.48. The summed E-state index contributed by atoms with van der Waals surface area (Å²) in [7, 11) is 1.87. The first-order chi connectivity index (χ1) is 10.6. The molecule has 0 saturated carbocycles. The molecule has 0 radical (unpaired) electrons. The first kappa shape index (κ1) is 15.3. The Balaban J connectivity index is 1.71. The van der Waals surface area contributed by atoms with E-state index in [0.717, 1.165) is 31.1 Å². The molecule has 1 amide bonds. The van der Waals surface area contributed by atoms with Gasteiger partial charge in [-0.05, 0) is 31.0 Å². The van der Waals surface area contributed by atoms with Crippen molar-refractivity contribution >= 4 is 34.0 Å². The first-order valence-corrected chi connectivity index (χ1v) is 8.58. The lowest BCUT2D eigenvalue weighted by Gasteiger charge is -2.37. The molecule has 1 fully saturated rings. The molecule has 0 bridgehead atoms. The minimum absolute atomic E-state index is 0.0217. The lowest BCUT2D eigenvalue weighted by atomic mass is 10.0. The molecule has 6 heteroatoms. The maximum Gasteiger partial charge on any atom is 0.253 e. The number of carbonyl (C=O) groups is 1. The summed E-state index contributed by atoms with van der Waals surface area (Å²) in [6, 6.07) is 7.33. The van der Waals surface area contributed by atoms with Crippen molar-refractivity contribution in [3.8, 4) is 0 Å². The summed E-state index contributed by atoms with van der Waals surface area (Å²) in [6.45, 7) is 1.83. The number of carbonyl (C=O) groups excluding carboxylic acids is 1. The van der Waals surface area contributed by atoms with Crippen molar-refractivity contribution in [1.82, 2.24) is 9.88 Å². The topological polar surface area (TPSA) is 36.4 Å². The van der Waals surface area contributed by atoms with Crippen LogP contribution in [0, 0.1) is 0 Å². The minimum Gasteiger partial charge on any atom is -0.346 e. The van der Waals surface area contributed by atoms with E-state index in [1.807, 2.05) is 35.7 Å². The molecule has 1 unspecified atom stereocenters. The van der Waals surface area contributed by atoms with Gasteiger partial charge in [-0.15, -0.1) is 11.3 Å². The van der Waals surface area contributed by atoms with E-state index in [-0.39, 0.29) is 11.9 Å². The third kappa shape index (κ3) is 3.25. The number of piperidine rings is 1. The number of aromatic nitrogens is 1. The highest BCUT2D eigenvalue weighted by Crippen LogP contribution is 2.24. The second-order valence-electron chi connectivity index (χ2n) is 5.48. The predicted molar refractivity (Wildman–Crippen MR) is 90.9 cm³/mol. The Bertz CT molecular complexity index is 647. The molecule has 22 heavy (non-hydrogen) atoms. The summed E-state index contributed by atoms with van der Waals surface area (Å²) in [5.74, 6) is 0.0217. The van der Waals surface area contributed by atoms with Crippen molar-refractivity contribution in [2.45, 2.75) is 18.9 Å². The number of thiazole rings is 1. The van der Waals surface area contributed by atoms with Gasteiger partial charge in [0, 0.05) is 48.3 Å². The molecule has 2 aromatic rings. The van der Waals surface area contributed by atoms with Gasteiger partial charge in [-0.25, -0.2) is 4.98 Å². The predicted octanol–water partition coefficient (Wildman–Crippen LogP) is 3.54. The number of hydrogen-bond donors (Lipinski definition) is 0. The molecule has 0 aliphatic carbocycles. The van der Waals surface area contributed by atoms with Gasteiger partial charge in [0.1, 0.15) is 0 Å². The largest absolute Gasteiger partial charge is 0.346 e. The van der Waals surface area contributed by atoms with Crippen molar-refractivity contribution in [3.05, 3.63) is 46.4 Å². The number of halogens is 1. The minimum atomic E-state index is 0.0217. The molecule has 1 aromatic carbocycles. The molecule has 3 rings (SSSR count). The number of anilines is 1. The average molecular weight is 336 g/mol. The van der Waals surface area contributed by atoms with E-state index in [1.165, 1.54) is 0 Å². The van der Waals surface area contributed by atoms with Crippen LogP contribution in [0.15, 0.2) is 35.8 Å². The number of nitrogens with zero attached hydrogens (tertiary/aromatic N) is 3. The molecule has 1 aliphatic heterocycles. The summed E-state index contributed by atoms with van der Waals surface area (Å²) in [5, 5.41) is 3.61. The van der Waals surface area contributed by atoms with E-state index in [4.69, 9.17) is 11.6 Å². The van der Waals surface area contributed by atoms with Gasteiger partial charge in [-0.1, -0.05) is 17.7 Å². The quantitative estimate of drug-likeness (QED) is 0.860. The zero-order valence-electron chi connectivity index (χ0n) is 12.4. The Kier molecular flexibility index (Phi) is 4.64. The number of hydrogen-bond acceptors (Lipinski definition) is 4. The van der Waals surface area contributed by atoms with Crippen LogP contribution in [0.4, 0.5) is 5.13 Å². The smallest absolute Gasteiger partial charge is 0.253 e. The van der Waals surface area contributed by atoms with Crippen LogP contribution in [0.2, 0.25) is 5.02 Å². The number of rotatable bonds is 3. The average Bonchev–Trinajstić information content (AvgIpc) is 3.08. The molecule has 116 valence electrons. The van der Waals surface area contributed by atoms with Gasteiger partial charge < -0.3 is 9.80 Å². The Labute approximate surface area is 139 Å². The summed E-state index contributed by atoms with van der Waals surface area (Å²) >= 11 is 7.63. The van der Waals surface area contributed by atoms with Crippen LogP contribution >= 0.6 is 22.9 Å². The van der Waals surface area contributed by atoms with Crippen LogP contribution < -0.4 is 4.90 Å². The van der Waals surface area contributed by atoms with Gasteiger partial charge in [-0.3, -0.25) is 4.79 Å². The zero-order valence-corrected chi connectivity index (χ0v) is 14.0. The Morgan fingerprint density at radius 2 is 2.36 bits per heavy atom. The highest BCUT2D eigenvalue weighted by molar-refractivity contribution is 7.13. The van der Waals surface area contributed by atoms with E-state index in [9.17, 15) is 4.79 Å². The van der Waals surface area contributed by atoms with Gasteiger partial charge in [0.05, 0.1) is 0 Å². The van der Waals surface area contributed by atoms with Crippen molar-refractivity contribution in [3.63, 3.8) is 0 Å². The third-order valence-electron chi connectivity index (χ3n) is 4.03. The fraction of sp³-hybridized carbons (Fsp3) is 0.375. The van der Waals surface area contributed by atoms with Crippen LogP contribution in [-0.4, -0.2) is 42.0 Å². The van der Waals surface area contributed by atoms with Gasteiger partial charge in [0.25, 0.3) is 5.91 Å². The summed E-state index contributed by atoms with van der Waals surface area (Å²) < 4.78 is 0. The zero-order chi connectivity index (χ0) is 15.5. The summed E-state index contributed by atoms with van der Waals surface area (Å²) in [4.78, 5) is 21.1. The van der Waals surface area contributed by atoms with Crippen molar-refractivity contribution in [1.29, 1.82) is 0 Å². The molecule has 1 saturated heterocycles. The summed E-state index contributed by atoms with van der Waals surface area (Å²) in [5.41, 5.74) is 0.640. The Morgan fingerprint density at radius 3 is 3.09 bits per heavy atom. The standard InChI is InChI=1S/C16H18ClN3OS/c1-19(15(21)12-4-2-5-13(17)10-12)14-6-3-8-20(11-14)16-18-7-9-22-16/h2,4-5,7,9-10,14H,3,6,8,11H2,1H3. The number of likely N-dealkylation sites (N-methyl/N-ethyl adjacent to an activating group) is 1. The molecule has 0 spiro atoms. The van der Waals surface area contributed by atoms with Crippen LogP contribution in [0.1, 0.15) is 23.2 Å². The normalized spacial score (nSPS) is 18.3. The fourth-order valence-corrected chi connectivity index (χ4v) is 3.68. The monoisotopic (exact) mass is 335 g/mol. The van der Waals surface area contributed by atoms with Gasteiger partial charge >= 0.3 is 0 Å². The number of benzene rings is 1. The second kappa shape index (κ2) is 6.67. The molecule has 4 nitrogen and oxygen atoms in total. The van der Waals surface area contributed by atoms with Crippen molar-refractivity contribution in [2.24, 2.45) is 0 Å². The fourth-order valence-electron chi connectivity index (χ4n) is 2.81. The van der Waals surface area contributed by atoms with Crippen LogP contribution in [0.5, 0.6) is 0 Å². The molecular formula is C16H18ClN3OS. The summed E-state index contributed by atoms with van der Waals surface area (Å²) in [6.07, 6.45) is 3.91. The molecule has 2 heterocycles. The Morgan fingerprint density at radius 1 is 1.50 bits per heavy atom. The van der Waals surface area contributed by atoms with E-state index in [1.54, 1.807) is 23.5 Å². The van der Waals surface area contributed by atoms with Crippen LogP contribution in [0.25, 0.3) is 0 Å². The first-order valence-electron chi connectivity index (χ1n) is 7.32. The van der Waals surface area contributed by atoms with E-state index < -0.39 is 0 Å². The third-order valence-corrected chi connectivity index (χ3v) is 5.09. The van der Waals surface area contributed by atoms with Gasteiger partial charge in [0.15, 0.2) is 5.13 Å². The van der Waals surface area contributed by atoms with E-state index >= 15 is 0 Å².